The van der Waals surface area contributed by atoms with Gasteiger partial charge >= 0.3 is 0 Å². The molecule has 0 radical (unpaired) electrons. The summed E-state index contributed by atoms with van der Waals surface area (Å²) >= 11 is 0. The molecule has 1 aliphatic heterocycles. The molecule has 0 aromatic heterocycles. The lowest BCUT2D eigenvalue weighted by Crippen LogP contribution is -2.08. The summed E-state index contributed by atoms with van der Waals surface area (Å²) in [5.74, 6) is 0.998. The molecule has 0 N–H and O–H groups in total. The Bertz CT molecular complexity index is 280. The Labute approximate surface area is 84.8 Å². The third kappa shape index (κ3) is 2.48. The second-order valence-corrected chi connectivity index (χ2v) is 3.93. The molecule has 14 heavy (non-hydrogen) atoms. The van der Waals surface area contributed by atoms with E-state index in [-0.39, 0.29) is 6.10 Å². The molecule has 1 aromatic carbocycles. The van der Waals surface area contributed by atoms with Gasteiger partial charge in [0.15, 0.2) is 0 Å². The fourth-order valence-corrected chi connectivity index (χ4v) is 1.47. The Balaban J connectivity index is 2.10. The van der Waals surface area contributed by atoms with Crippen LogP contribution in [0.15, 0.2) is 24.3 Å². The SMILES string of the molecule is CC(C)Oc1ccccc1CC1CO1. The number of para-hydroxylation sites is 1. The van der Waals surface area contributed by atoms with Crippen molar-refractivity contribution in [1.29, 1.82) is 0 Å². The second-order valence-electron chi connectivity index (χ2n) is 3.93. The third-order valence-electron chi connectivity index (χ3n) is 2.19. The van der Waals surface area contributed by atoms with E-state index in [4.69, 9.17) is 9.47 Å². The largest absolute Gasteiger partial charge is 0.491 e. The predicted octanol–water partition coefficient (Wildman–Crippen LogP) is 2.42. The molecule has 1 fully saturated rings. The molecule has 2 nitrogen and oxygen atoms in total. The zero-order valence-corrected chi connectivity index (χ0v) is 8.69. The van der Waals surface area contributed by atoms with Crippen LogP contribution in [0, 0.1) is 0 Å². The quantitative estimate of drug-likeness (QED) is 0.683. The molecule has 2 heteroatoms. The summed E-state index contributed by atoms with van der Waals surface area (Å²) in [4.78, 5) is 0. The zero-order chi connectivity index (χ0) is 9.97. The Kier molecular flexibility index (Phi) is 2.73. The van der Waals surface area contributed by atoms with E-state index >= 15 is 0 Å². The molecular weight excluding hydrogens is 176 g/mol. The van der Waals surface area contributed by atoms with Gasteiger partial charge in [-0.1, -0.05) is 18.2 Å². The Morgan fingerprint density at radius 1 is 1.43 bits per heavy atom. The Morgan fingerprint density at radius 2 is 2.14 bits per heavy atom. The Hall–Kier alpha value is -1.02. The van der Waals surface area contributed by atoms with E-state index in [9.17, 15) is 0 Å². The normalized spacial score (nSPS) is 19.8. The summed E-state index contributed by atoms with van der Waals surface area (Å²) in [6, 6.07) is 8.19. The maximum Gasteiger partial charge on any atom is 0.122 e. The fraction of sp³-hybridized carbons (Fsp3) is 0.500. The summed E-state index contributed by atoms with van der Waals surface area (Å²) < 4.78 is 10.9. The van der Waals surface area contributed by atoms with E-state index in [0.29, 0.717) is 6.10 Å². The molecule has 2 rings (SSSR count). The molecule has 0 amide bonds. The van der Waals surface area contributed by atoms with Gasteiger partial charge in [-0.2, -0.15) is 0 Å². The summed E-state index contributed by atoms with van der Waals surface area (Å²) in [5, 5.41) is 0. The van der Waals surface area contributed by atoms with Crippen LogP contribution in [-0.2, 0) is 11.2 Å². The van der Waals surface area contributed by atoms with Crippen LogP contribution >= 0.6 is 0 Å². The van der Waals surface area contributed by atoms with Crippen molar-refractivity contribution in [2.45, 2.75) is 32.5 Å². The van der Waals surface area contributed by atoms with Gasteiger partial charge in [0.05, 0.1) is 18.8 Å². The summed E-state index contributed by atoms with van der Waals surface area (Å²) in [7, 11) is 0. The lowest BCUT2D eigenvalue weighted by molar-refractivity contribution is 0.239. The molecule has 0 spiro atoms. The fourth-order valence-electron chi connectivity index (χ4n) is 1.47. The number of epoxide rings is 1. The Morgan fingerprint density at radius 3 is 2.79 bits per heavy atom. The van der Waals surface area contributed by atoms with Gasteiger partial charge in [0.25, 0.3) is 0 Å². The standard InChI is InChI=1S/C12H16O2/c1-9(2)14-12-6-4-3-5-10(12)7-11-8-13-11/h3-6,9,11H,7-8H2,1-2H3. The number of rotatable bonds is 4. The third-order valence-corrected chi connectivity index (χ3v) is 2.19. The van der Waals surface area contributed by atoms with Gasteiger partial charge in [0.1, 0.15) is 5.75 Å². The molecule has 1 aliphatic rings. The van der Waals surface area contributed by atoms with Crippen molar-refractivity contribution in [2.75, 3.05) is 6.61 Å². The van der Waals surface area contributed by atoms with E-state index in [0.717, 1.165) is 18.8 Å². The molecule has 76 valence electrons. The van der Waals surface area contributed by atoms with Crippen molar-refractivity contribution in [1.82, 2.24) is 0 Å². The molecule has 1 unspecified atom stereocenters. The topological polar surface area (TPSA) is 21.8 Å². The van der Waals surface area contributed by atoms with Crippen molar-refractivity contribution in [3.8, 4) is 5.75 Å². The molecule has 1 saturated heterocycles. The molecule has 1 atom stereocenters. The van der Waals surface area contributed by atoms with Crippen LogP contribution in [0.1, 0.15) is 19.4 Å². The van der Waals surface area contributed by atoms with Crippen molar-refractivity contribution in [3.05, 3.63) is 29.8 Å². The highest BCUT2D eigenvalue weighted by Gasteiger charge is 2.24. The molecule has 1 heterocycles. The second kappa shape index (κ2) is 4.01. The summed E-state index contributed by atoms with van der Waals surface area (Å²) in [6.07, 6.45) is 1.63. The molecule has 1 aromatic rings. The number of ether oxygens (including phenoxy) is 2. The minimum atomic E-state index is 0.233. The highest BCUT2D eigenvalue weighted by atomic mass is 16.6. The molecule has 0 aliphatic carbocycles. The van der Waals surface area contributed by atoms with Gasteiger partial charge < -0.3 is 9.47 Å². The lowest BCUT2D eigenvalue weighted by Gasteiger charge is -2.13. The van der Waals surface area contributed by atoms with Gasteiger partial charge in [-0.3, -0.25) is 0 Å². The van der Waals surface area contributed by atoms with Crippen LogP contribution in [0.25, 0.3) is 0 Å². The van der Waals surface area contributed by atoms with Gasteiger partial charge in [-0.05, 0) is 25.5 Å². The van der Waals surface area contributed by atoms with Crippen LogP contribution < -0.4 is 4.74 Å². The minimum Gasteiger partial charge on any atom is -0.491 e. The van der Waals surface area contributed by atoms with E-state index in [1.54, 1.807) is 0 Å². The first-order valence-electron chi connectivity index (χ1n) is 5.12. The van der Waals surface area contributed by atoms with E-state index in [1.165, 1.54) is 5.56 Å². The minimum absolute atomic E-state index is 0.233. The van der Waals surface area contributed by atoms with Gasteiger partial charge in [0.2, 0.25) is 0 Å². The van der Waals surface area contributed by atoms with Crippen LogP contribution in [-0.4, -0.2) is 18.8 Å². The van der Waals surface area contributed by atoms with E-state index in [2.05, 4.69) is 6.07 Å². The average molecular weight is 192 g/mol. The zero-order valence-electron chi connectivity index (χ0n) is 8.69. The van der Waals surface area contributed by atoms with Crippen molar-refractivity contribution in [3.63, 3.8) is 0 Å². The maximum atomic E-state index is 5.72. The van der Waals surface area contributed by atoms with Crippen molar-refractivity contribution in [2.24, 2.45) is 0 Å². The van der Waals surface area contributed by atoms with Crippen LogP contribution in [0.4, 0.5) is 0 Å². The van der Waals surface area contributed by atoms with Crippen molar-refractivity contribution >= 4 is 0 Å². The summed E-state index contributed by atoms with van der Waals surface area (Å²) in [5.41, 5.74) is 1.25. The van der Waals surface area contributed by atoms with Gasteiger partial charge in [-0.25, -0.2) is 0 Å². The van der Waals surface area contributed by atoms with Crippen molar-refractivity contribution < 1.29 is 9.47 Å². The van der Waals surface area contributed by atoms with Crippen LogP contribution in [0.2, 0.25) is 0 Å². The first-order chi connectivity index (χ1) is 6.75. The van der Waals surface area contributed by atoms with Gasteiger partial charge in [-0.15, -0.1) is 0 Å². The average Bonchev–Trinajstić information content (AvgIpc) is 2.91. The number of hydrogen-bond acceptors (Lipinski definition) is 2. The number of benzene rings is 1. The van der Waals surface area contributed by atoms with Gasteiger partial charge in [0, 0.05) is 6.42 Å². The first-order valence-corrected chi connectivity index (χ1v) is 5.12. The molecule has 0 bridgehead atoms. The monoisotopic (exact) mass is 192 g/mol. The smallest absolute Gasteiger partial charge is 0.122 e. The van der Waals surface area contributed by atoms with Crippen LogP contribution in [0.3, 0.4) is 0 Å². The maximum absolute atomic E-state index is 5.72. The molecular formula is C12H16O2. The molecule has 0 saturated carbocycles. The highest BCUT2D eigenvalue weighted by molar-refractivity contribution is 5.34. The summed E-state index contributed by atoms with van der Waals surface area (Å²) in [6.45, 7) is 4.99. The lowest BCUT2D eigenvalue weighted by atomic mass is 10.1. The van der Waals surface area contributed by atoms with E-state index < -0.39 is 0 Å². The predicted molar refractivity (Wildman–Crippen MR) is 55.7 cm³/mol. The highest BCUT2D eigenvalue weighted by Crippen LogP contribution is 2.24. The number of hydrogen-bond donors (Lipinski definition) is 0. The first kappa shape index (κ1) is 9.53. The van der Waals surface area contributed by atoms with Crippen LogP contribution in [0.5, 0.6) is 5.75 Å². The van der Waals surface area contributed by atoms with E-state index in [1.807, 2.05) is 32.0 Å².